The van der Waals surface area contributed by atoms with E-state index in [4.69, 9.17) is 4.74 Å². The molecule has 1 aromatic heterocycles. The summed E-state index contributed by atoms with van der Waals surface area (Å²) < 4.78 is 7.92. The van der Waals surface area contributed by atoms with Crippen molar-refractivity contribution in [2.24, 2.45) is 0 Å². The lowest BCUT2D eigenvalue weighted by molar-refractivity contribution is -0.121. The molecule has 0 bridgehead atoms. The van der Waals surface area contributed by atoms with E-state index in [0.29, 0.717) is 6.54 Å². The summed E-state index contributed by atoms with van der Waals surface area (Å²) in [5, 5.41) is 7.77. The Morgan fingerprint density at radius 2 is 1.56 bits per heavy atom. The number of hydrogen-bond acceptors (Lipinski definition) is 3. The minimum Gasteiger partial charge on any atom is -0.457 e. The smallest absolute Gasteiger partial charge is 0.232 e. The molecule has 1 aliphatic heterocycles. The number of rotatable bonds is 6. The summed E-state index contributed by atoms with van der Waals surface area (Å²) in [5.41, 5.74) is 5.08. The lowest BCUT2D eigenvalue weighted by atomic mass is 9.87. The maximum atomic E-state index is 13.2. The van der Waals surface area contributed by atoms with Crippen LogP contribution in [-0.2, 0) is 11.2 Å². The number of hydrogen-bond donors (Lipinski definition) is 1. The van der Waals surface area contributed by atoms with Crippen molar-refractivity contribution < 1.29 is 9.53 Å². The predicted molar refractivity (Wildman–Crippen MR) is 124 cm³/mol. The van der Waals surface area contributed by atoms with Gasteiger partial charge in [0.05, 0.1) is 17.3 Å². The van der Waals surface area contributed by atoms with E-state index in [9.17, 15) is 4.79 Å². The van der Waals surface area contributed by atoms with Gasteiger partial charge in [0.2, 0.25) is 5.91 Å². The predicted octanol–water partition coefficient (Wildman–Crippen LogP) is 5.17. The van der Waals surface area contributed by atoms with Crippen LogP contribution in [0.4, 0.5) is 0 Å². The zero-order valence-electron chi connectivity index (χ0n) is 18.0. The number of para-hydroxylation sites is 3. The normalized spacial score (nSPS) is 12.5. The molecule has 5 rings (SSSR count). The number of aromatic nitrogens is 2. The third-order valence-electron chi connectivity index (χ3n) is 5.89. The summed E-state index contributed by atoms with van der Waals surface area (Å²) in [7, 11) is 0. The quantitative estimate of drug-likeness (QED) is 0.436. The highest BCUT2D eigenvalue weighted by molar-refractivity contribution is 5.89. The number of aryl methyl sites for hydroxylation is 2. The first-order chi connectivity index (χ1) is 15.7. The summed E-state index contributed by atoms with van der Waals surface area (Å²) in [6, 6.07) is 25.6. The van der Waals surface area contributed by atoms with Crippen LogP contribution in [0.3, 0.4) is 0 Å². The van der Waals surface area contributed by atoms with Crippen molar-refractivity contribution >= 4 is 5.91 Å². The van der Waals surface area contributed by atoms with Crippen molar-refractivity contribution in [3.05, 3.63) is 107 Å². The Kier molecular flexibility index (Phi) is 5.46. The van der Waals surface area contributed by atoms with Gasteiger partial charge in [0.25, 0.3) is 0 Å². The van der Waals surface area contributed by atoms with Gasteiger partial charge in [0.1, 0.15) is 11.5 Å². The SMILES string of the molecule is Cc1nn(-c2ccccc2)cc1CCCNC(=O)C1c2ccccc2Oc2ccccc21. The molecule has 1 N–H and O–H groups in total. The van der Waals surface area contributed by atoms with Gasteiger partial charge < -0.3 is 10.1 Å². The molecule has 0 unspecified atom stereocenters. The Hall–Kier alpha value is -3.86. The Bertz CT molecular complexity index is 1200. The van der Waals surface area contributed by atoms with Gasteiger partial charge in [-0.2, -0.15) is 5.10 Å². The fraction of sp³-hybridized carbons (Fsp3) is 0.185. The van der Waals surface area contributed by atoms with E-state index in [1.165, 1.54) is 5.56 Å². The summed E-state index contributed by atoms with van der Waals surface area (Å²) in [4.78, 5) is 13.2. The Morgan fingerprint density at radius 3 is 2.25 bits per heavy atom. The van der Waals surface area contributed by atoms with Crippen LogP contribution in [0.1, 0.15) is 34.7 Å². The van der Waals surface area contributed by atoms with Crippen LogP contribution < -0.4 is 10.1 Å². The van der Waals surface area contributed by atoms with E-state index in [2.05, 4.69) is 16.6 Å². The van der Waals surface area contributed by atoms with Crippen LogP contribution in [0.5, 0.6) is 11.5 Å². The molecule has 3 aromatic carbocycles. The van der Waals surface area contributed by atoms with Crippen LogP contribution in [-0.4, -0.2) is 22.2 Å². The number of ether oxygens (including phenoxy) is 1. The molecular weight excluding hydrogens is 398 g/mol. The summed E-state index contributed by atoms with van der Waals surface area (Å²) in [6.45, 7) is 2.64. The van der Waals surface area contributed by atoms with Crippen molar-refractivity contribution in [3.8, 4) is 17.2 Å². The summed E-state index contributed by atoms with van der Waals surface area (Å²) in [5.74, 6) is 1.13. The third-order valence-corrected chi connectivity index (χ3v) is 5.89. The maximum absolute atomic E-state index is 13.2. The number of fused-ring (bicyclic) bond motifs is 2. The van der Waals surface area contributed by atoms with Gasteiger partial charge in [-0.25, -0.2) is 4.68 Å². The van der Waals surface area contributed by atoms with Gasteiger partial charge in [0, 0.05) is 23.9 Å². The molecule has 0 spiro atoms. The van der Waals surface area contributed by atoms with Crippen molar-refractivity contribution in [2.75, 3.05) is 6.54 Å². The highest BCUT2D eigenvalue weighted by atomic mass is 16.5. The molecule has 1 aliphatic rings. The van der Waals surface area contributed by atoms with Crippen molar-refractivity contribution in [2.45, 2.75) is 25.7 Å². The summed E-state index contributed by atoms with van der Waals surface area (Å²) >= 11 is 0. The average molecular weight is 424 g/mol. The third kappa shape index (κ3) is 3.89. The number of amides is 1. The van der Waals surface area contributed by atoms with E-state index in [1.807, 2.05) is 90.5 Å². The molecule has 0 atom stereocenters. The van der Waals surface area contributed by atoms with Crippen LogP contribution in [0.25, 0.3) is 5.69 Å². The zero-order valence-corrected chi connectivity index (χ0v) is 18.0. The van der Waals surface area contributed by atoms with Crippen molar-refractivity contribution in [1.29, 1.82) is 0 Å². The lowest BCUT2D eigenvalue weighted by Gasteiger charge is -2.27. The van der Waals surface area contributed by atoms with Gasteiger partial charge in [-0.05, 0) is 49.6 Å². The number of carbonyl (C=O) groups excluding carboxylic acids is 1. The van der Waals surface area contributed by atoms with Crippen LogP contribution in [0.15, 0.2) is 85.1 Å². The van der Waals surface area contributed by atoms with Crippen molar-refractivity contribution in [3.63, 3.8) is 0 Å². The molecule has 0 radical (unpaired) electrons. The monoisotopic (exact) mass is 423 g/mol. The fourth-order valence-electron chi connectivity index (χ4n) is 4.24. The molecule has 0 saturated heterocycles. The molecular formula is C27H25N3O2. The van der Waals surface area contributed by atoms with E-state index in [0.717, 1.165) is 46.8 Å². The van der Waals surface area contributed by atoms with Crippen molar-refractivity contribution in [1.82, 2.24) is 15.1 Å². The Labute approximate surface area is 187 Å². The average Bonchev–Trinajstić information content (AvgIpc) is 3.21. The van der Waals surface area contributed by atoms with E-state index in [1.54, 1.807) is 0 Å². The first kappa shape index (κ1) is 20.1. The first-order valence-electron chi connectivity index (χ1n) is 10.9. The second kappa shape index (κ2) is 8.71. The van der Waals surface area contributed by atoms with E-state index >= 15 is 0 Å². The topological polar surface area (TPSA) is 56.2 Å². The molecule has 2 heterocycles. The summed E-state index contributed by atoms with van der Waals surface area (Å²) in [6.07, 6.45) is 3.79. The zero-order chi connectivity index (χ0) is 21.9. The molecule has 1 amide bonds. The fourth-order valence-corrected chi connectivity index (χ4v) is 4.24. The lowest BCUT2D eigenvalue weighted by Crippen LogP contribution is -2.32. The number of benzene rings is 3. The van der Waals surface area contributed by atoms with E-state index in [-0.39, 0.29) is 11.8 Å². The largest absolute Gasteiger partial charge is 0.457 e. The van der Waals surface area contributed by atoms with Gasteiger partial charge in [-0.15, -0.1) is 0 Å². The highest BCUT2D eigenvalue weighted by Crippen LogP contribution is 2.43. The molecule has 5 heteroatoms. The number of carbonyl (C=O) groups is 1. The molecule has 0 saturated carbocycles. The molecule has 0 fully saturated rings. The molecule has 32 heavy (non-hydrogen) atoms. The van der Waals surface area contributed by atoms with Gasteiger partial charge in [-0.3, -0.25) is 4.79 Å². The molecule has 4 aromatic rings. The van der Waals surface area contributed by atoms with Crippen LogP contribution >= 0.6 is 0 Å². The molecule has 5 nitrogen and oxygen atoms in total. The van der Waals surface area contributed by atoms with Gasteiger partial charge in [-0.1, -0.05) is 54.6 Å². The Morgan fingerprint density at radius 1 is 0.938 bits per heavy atom. The van der Waals surface area contributed by atoms with Crippen LogP contribution in [0.2, 0.25) is 0 Å². The maximum Gasteiger partial charge on any atom is 0.232 e. The van der Waals surface area contributed by atoms with Crippen LogP contribution in [0, 0.1) is 6.92 Å². The molecule has 0 aliphatic carbocycles. The minimum atomic E-state index is -0.362. The van der Waals surface area contributed by atoms with Gasteiger partial charge >= 0.3 is 0 Å². The number of nitrogens with zero attached hydrogens (tertiary/aromatic N) is 2. The van der Waals surface area contributed by atoms with Gasteiger partial charge in [0.15, 0.2) is 0 Å². The second-order valence-corrected chi connectivity index (χ2v) is 8.03. The number of nitrogens with one attached hydrogen (secondary N) is 1. The second-order valence-electron chi connectivity index (χ2n) is 8.03. The highest BCUT2D eigenvalue weighted by Gasteiger charge is 2.32. The van der Waals surface area contributed by atoms with E-state index < -0.39 is 0 Å². The minimum absolute atomic E-state index is 0.00454. The first-order valence-corrected chi connectivity index (χ1v) is 10.9. The molecule has 160 valence electrons. The Balaban J connectivity index is 1.24. The standard InChI is InChI=1S/C27H25N3O2/c1-19-20(18-30(29-19)21-11-3-2-4-12-21)10-9-17-28-27(31)26-22-13-5-7-15-24(22)32-25-16-8-6-14-23(25)26/h2-8,11-16,18,26H,9-10,17H2,1H3,(H,28,31).